The average molecular weight is 191 g/mol. The lowest BCUT2D eigenvalue weighted by Crippen LogP contribution is -2.23. The highest BCUT2D eigenvalue weighted by atomic mass is 35.5. The van der Waals surface area contributed by atoms with Crippen molar-refractivity contribution in [3.05, 3.63) is 0 Å². The van der Waals surface area contributed by atoms with E-state index in [2.05, 4.69) is 0 Å². The zero-order chi connectivity index (χ0) is 9.72. The van der Waals surface area contributed by atoms with Gasteiger partial charge >= 0.3 is 0 Å². The van der Waals surface area contributed by atoms with Crippen molar-refractivity contribution in [2.24, 2.45) is 11.8 Å². The topological polar surface area (TPSA) is 34.1 Å². The first-order valence-corrected chi connectivity index (χ1v) is 4.55. The zero-order valence-electron chi connectivity index (χ0n) is 7.71. The molecule has 2 atom stereocenters. The summed E-state index contributed by atoms with van der Waals surface area (Å²) in [4.78, 5) is 21.8. The molecule has 2 unspecified atom stereocenters. The van der Waals surface area contributed by atoms with Crippen molar-refractivity contribution in [2.75, 3.05) is 0 Å². The van der Waals surface area contributed by atoms with Crippen LogP contribution in [0.5, 0.6) is 0 Å². The van der Waals surface area contributed by atoms with Gasteiger partial charge in [0.25, 0.3) is 0 Å². The Morgan fingerprint density at radius 1 is 1.42 bits per heavy atom. The second-order valence-electron chi connectivity index (χ2n) is 3.32. The van der Waals surface area contributed by atoms with Gasteiger partial charge in [0.05, 0.1) is 5.92 Å². The molecule has 0 N–H and O–H groups in total. The van der Waals surface area contributed by atoms with Gasteiger partial charge in [-0.15, -0.1) is 11.6 Å². The molecule has 70 valence electrons. The number of rotatable bonds is 5. The smallest absolute Gasteiger partial charge is 0.145 e. The molecule has 0 spiro atoms. The van der Waals surface area contributed by atoms with Gasteiger partial charge in [-0.1, -0.05) is 13.8 Å². The summed E-state index contributed by atoms with van der Waals surface area (Å²) in [6, 6.07) is 0. The van der Waals surface area contributed by atoms with Crippen LogP contribution in [0.1, 0.15) is 27.2 Å². The Morgan fingerprint density at radius 3 is 2.17 bits per heavy atom. The Morgan fingerprint density at radius 2 is 1.92 bits per heavy atom. The van der Waals surface area contributed by atoms with Crippen molar-refractivity contribution in [3.63, 3.8) is 0 Å². The molecule has 0 aliphatic rings. The van der Waals surface area contributed by atoms with Gasteiger partial charge in [0, 0.05) is 11.3 Å². The second kappa shape index (κ2) is 5.31. The number of ketones is 1. The Kier molecular flexibility index (Phi) is 5.14. The van der Waals surface area contributed by atoms with E-state index in [4.69, 9.17) is 11.6 Å². The van der Waals surface area contributed by atoms with Gasteiger partial charge in [-0.25, -0.2) is 0 Å². The molecule has 0 aliphatic heterocycles. The summed E-state index contributed by atoms with van der Waals surface area (Å²) in [6.07, 6.45) is 1.14. The summed E-state index contributed by atoms with van der Waals surface area (Å²) in [7, 11) is 0. The molecule has 0 bridgehead atoms. The fraction of sp³-hybridized carbons (Fsp3) is 0.778. The van der Waals surface area contributed by atoms with Crippen LogP contribution in [0.2, 0.25) is 0 Å². The summed E-state index contributed by atoms with van der Waals surface area (Å²) < 4.78 is 0. The van der Waals surface area contributed by atoms with E-state index < -0.39 is 5.92 Å². The summed E-state index contributed by atoms with van der Waals surface area (Å²) >= 11 is 5.69. The number of aldehydes is 1. The maximum Gasteiger partial charge on any atom is 0.145 e. The first-order chi connectivity index (χ1) is 5.49. The lowest BCUT2D eigenvalue weighted by atomic mass is 9.93. The number of halogens is 1. The molecule has 12 heavy (non-hydrogen) atoms. The zero-order valence-corrected chi connectivity index (χ0v) is 8.47. The molecule has 3 heteroatoms. The third kappa shape index (κ3) is 3.86. The summed E-state index contributed by atoms with van der Waals surface area (Å²) in [6.45, 7) is 5.36. The van der Waals surface area contributed by atoms with Crippen LogP contribution in [0.15, 0.2) is 0 Å². The number of carbonyl (C=O) groups is 2. The second-order valence-corrected chi connectivity index (χ2v) is 4.06. The van der Waals surface area contributed by atoms with E-state index >= 15 is 0 Å². The predicted molar refractivity (Wildman–Crippen MR) is 49.3 cm³/mol. The van der Waals surface area contributed by atoms with Gasteiger partial charge < -0.3 is 4.79 Å². The third-order valence-corrected chi connectivity index (χ3v) is 1.86. The van der Waals surface area contributed by atoms with Crippen molar-refractivity contribution in [1.29, 1.82) is 0 Å². The van der Waals surface area contributed by atoms with E-state index in [1.807, 2.05) is 0 Å². The molecule has 0 heterocycles. The molecule has 0 aliphatic carbocycles. The van der Waals surface area contributed by atoms with Crippen LogP contribution < -0.4 is 0 Å². The van der Waals surface area contributed by atoms with Gasteiger partial charge in [0.1, 0.15) is 12.1 Å². The first-order valence-electron chi connectivity index (χ1n) is 4.12. The van der Waals surface area contributed by atoms with Gasteiger partial charge in [0.15, 0.2) is 0 Å². The summed E-state index contributed by atoms with van der Waals surface area (Å²) in [5, 5.41) is -0.122. The molecule has 0 aromatic rings. The SMILES string of the molecule is CC(Cl)CC(C=O)C(=O)C(C)C. The molecule has 2 nitrogen and oxygen atoms in total. The lowest BCUT2D eigenvalue weighted by molar-refractivity contribution is -0.129. The van der Waals surface area contributed by atoms with Crippen LogP contribution >= 0.6 is 11.6 Å². The Labute approximate surface area is 78.3 Å². The number of hydrogen-bond acceptors (Lipinski definition) is 2. The van der Waals surface area contributed by atoms with Crippen molar-refractivity contribution in [3.8, 4) is 0 Å². The minimum absolute atomic E-state index is 0.0162. The highest BCUT2D eigenvalue weighted by Crippen LogP contribution is 2.14. The Hall–Kier alpha value is -0.370. The van der Waals surface area contributed by atoms with E-state index in [1.165, 1.54) is 0 Å². The molecule has 0 rings (SSSR count). The summed E-state index contributed by atoms with van der Waals surface area (Å²) in [5.41, 5.74) is 0. The van der Waals surface area contributed by atoms with Crippen LogP contribution in [0.3, 0.4) is 0 Å². The van der Waals surface area contributed by atoms with Crippen LogP contribution in [0.25, 0.3) is 0 Å². The van der Waals surface area contributed by atoms with Crippen molar-refractivity contribution >= 4 is 23.7 Å². The van der Waals surface area contributed by atoms with Gasteiger partial charge in [0.2, 0.25) is 0 Å². The van der Waals surface area contributed by atoms with Gasteiger partial charge in [-0.2, -0.15) is 0 Å². The third-order valence-electron chi connectivity index (χ3n) is 1.68. The molecule has 0 saturated carbocycles. The number of Topliss-reactive ketones (excluding diaryl/α,β-unsaturated/α-hetero) is 1. The fourth-order valence-electron chi connectivity index (χ4n) is 1.02. The summed E-state index contributed by atoms with van der Waals surface area (Å²) in [5.74, 6) is -0.620. The normalized spacial score (nSPS) is 15.8. The molecule has 0 radical (unpaired) electrons. The van der Waals surface area contributed by atoms with Crippen molar-refractivity contribution in [1.82, 2.24) is 0 Å². The number of alkyl halides is 1. The molecular formula is C9H15ClO2. The highest BCUT2D eigenvalue weighted by molar-refractivity contribution is 6.20. The van der Waals surface area contributed by atoms with Gasteiger partial charge in [-0.05, 0) is 13.3 Å². The molecule has 0 fully saturated rings. The lowest BCUT2D eigenvalue weighted by Gasteiger charge is -2.12. The van der Waals surface area contributed by atoms with Gasteiger partial charge in [-0.3, -0.25) is 4.79 Å². The molecule has 0 aromatic carbocycles. The fourth-order valence-corrected chi connectivity index (χ4v) is 1.21. The van der Waals surface area contributed by atoms with Crippen LogP contribution in [0.4, 0.5) is 0 Å². The van der Waals surface area contributed by atoms with Crippen molar-refractivity contribution in [2.45, 2.75) is 32.6 Å². The highest BCUT2D eigenvalue weighted by Gasteiger charge is 2.21. The number of carbonyl (C=O) groups excluding carboxylic acids is 2. The monoisotopic (exact) mass is 190 g/mol. The van der Waals surface area contributed by atoms with Crippen LogP contribution in [0, 0.1) is 11.8 Å². The Balaban J connectivity index is 4.15. The van der Waals surface area contributed by atoms with Crippen LogP contribution in [-0.2, 0) is 9.59 Å². The maximum absolute atomic E-state index is 11.3. The van der Waals surface area contributed by atoms with E-state index in [9.17, 15) is 9.59 Å². The van der Waals surface area contributed by atoms with Crippen LogP contribution in [-0.4, -0.2) is 17.4 Å². The number of hydrogen-bond donors (Lipinski definition) is 0. The average Bonchev–Trinajstić information content (AvgIpc) is 1.98. The molecule has 0 amide bonds. The van der Waals surface area contributed by atoms with E-state index in [0.29, 0.717) is 12.7 Å². The van der Waals surface area contributed by atoms with E-state index in [0.717, 1.165) is 0 Å². The molecular weight excluding hydrogens is 176 g/mol. The molecule has 0 aromatic heterocycles. The molecule has 0 saturated heterocycles. The largest absolute Gasteiger partial charge is 0.303 e. The van der Waals surface area contributed by atoms with E-state index in [-0.39, 0.29) is 17.1 Å². The van der Waals surface area contributed by atoms with Crippen molar-refractivity contribution < 1.29 is 9.59 Å². The van der Waals surface area contributed by atoms with E-state index in [1.54, 1.807) is 20.8 Å². The maximum atomic E-state index is 11.3. The standard InChI is InChI=1S/C9H15ClO2/c1-6(2)9(12)8(5-11)4-7(3)10/h5-8H,4H2,1-3H3. The minimum atomic E-state index is -0.516. The quantitative estimate of drug-likeness (QED) is 0.378. The predicted octanol–water partition coefficient (Wildman–Crippen LogP) is 2.04. The first kappa shape index (κ1) is 11.6. The minimum Gasteiger partial charge on any atom is -0.303 e. The Bertz CT molecular complexity index is 164.